The maximum atomic E-state index is 12.0. The molecule has 0 spiro atoms. The summed E-state index contributed by atoms with van der Waals surface area (Å²) in [7, 11) is -3.67. The van der Waals surface area contributed by atoms with Gasteiger partial charge in [-0.25, -0.2) is 0 Å². The molecule has 0 fully saturated rings. The van der Waals surface area contributed by atoms with E-state index in [1.165, 1.54) is 0 Å². The normalized spacial score (nSPS) is 12.0. The van der Waals surface area contributed by atoms with Gasteiger partial charge < -0.3 is 0 Å². The molecule has 0 aliphatic carbocycles. The van der Waals surface area contributed by atoms with Crippen LogP contribution < -0.4 is 0 Å². The van der Waals surface area contributed by atoms with Crippen molar-refractivity contribution in [1.82, 2.24) is 0 Å². The van der Waals surface area contributed by atoms with Crippen LogP contribution >= 0.6 is 0 Å². The molecule has 1 aromatic rings. The molecule has 0 aliphatic heterocycles. The third-order valence-electron chi connectivity index (χ3n) is 1.52. The fraction of sp³-hybridized carbons (Fsp3) is 0.333. The molecular formula is C9H9F6NaO3S. The molecular weight excluding hydrogens is 325 g/mol. The summed E-state index contributed by atoms with van der Waals surface area (Å²) in [5, 5.41) is 0. The van der Waals surface area contributed by atoms with Gasteiger partial charge in [0.05, 0.1) is 17.4 Å². The van der Waals surface area contributed by atoms with Gasteiger partial charge >= 0.3 is 41.9 Å². The third kappa shape index (κ3) is 10.5. The summed E-state index contributed by atoms with van der Waals surface area (Å²) >= 11 is 0. The van der Waals surface area contributed by atoms with E-state index >= 15 is 0 Å². The van der Waals surface area contributed by atoms with Gasteiger partial charge in [0.15, 0.2) is 0 Å². The van der Waals surface area contributed by atoms with Gasteiger partial charge in [0.1, 0.15) is 0 Å². The Kier molecular flexibility index (Phi) is 8.41. The first-order valence-electron chi connectivity index (χ1n) is 4.38. The summed E-state index contributed by atoms with van der Waals surface area (Å²) < 4.78 is 97.8. The van der Waals surface area contributed by atoms with E-state index in [1.807, 2.05) is 0 Å². The Morgan fingerprint density at radius 2 is 1.20 bits per heavy atom. The number of hydrogen-bond acceptors (Lipinski definition) is 2. The summed E-state index contributed by atoms with van der Waals surface area (Å²) in [6.07, 6.45) is -8.78. The first-order chi connectivity index (χ1) is 8.21. The molecule has 0 aromatic heterocycles. The second-order valence-electron chi connectivity index (χ2n) is 3.31. The van der Waals surface area contributed by atoms with Crippen LogP contribution in [0.25, 0.3) is 0 Å². The number of rotatable bonds is 0. The van der Waals surface area contributed by atoms with E-state index in [0.29, 0.717) is 18.4 Å². The molecule has 0 unspecified atom stereocenters. The van der Waals surface area contributed by atoms with Crippen LogP contribution in [0.4, 0.5) is 26.3 Å². The van der Waals surface area contributed by atoms with Crippen LogP contribution in [0.2, 0.25) is 0 Å². The monoisotopic (exact) mass is 334 g/mol. The molecule has 3 nitrogen and oxygen atoms in total. The first-order valence-corrected chi connectivity index (χ1v) is 6.23. The van der Waals surface area contributed by atoms with E-state index in [-0.39, 0.29) is 35.6 Å². The quantitative estimate of drug-likeness (QED) is 0.451. The Hall–Kier alpha value is -0.290. The van der Waals surface area contributed by atoms with Crippen LogP contribution in [0.5, 0.6) is 0 Å². The van der Waals surface area contributed by atoms with Crippen molar-refractivity contribution in [3.8, 4) is 0 Å². The van der Waals surface area contributed by atoms with E-state index in [2.05, 4.69) is 0 Å². The van der Waals surface area contributed by atoms with Crippen molar-refractivity contribution >= 4 is 39.7 Å². The van der Waals surface area contributed by atoms with Crippen LogP contribution in [-0.2, 0) is 22.5 Å². The van der Waals surface area contributed by atoms with Gasteiger partial charge in [0, 0.05) is 0 Å². The maximum absolute atomic E-state index is 12.0. The molecule has 0 heterocycles. The van der Waals surface area contributed by atoms with Gasteiger partial charge in [-0.05, 0) is 18.2 Å². The van der Waals surface area contributed by atoms with Gasteiger partial charge in [-0.2, -0.15) is 34.8 Å². The number of hydrogen-bond donors (Lipinski definition) is 1. The zero-order valence-electron chi connectivity index (χ0n) is 9.25. The molecule has 112 valence electrons. The third-order valence-corrected chi connectivity index (χ3v) is 1.52. The number of halogens is 6. The van der Waals surface area contributed by atoms with Crippen molar-refractivity contribution in [2.75, 3.05) is 6.26 Å². The van der Waals surface area contributed by atoms with Crippen molar-refractivity contribution in [2.24, 2.45) is 0 Å². The zero-order valence-corrected chi connectivity index (χ0v) is 10.1. The van der Waals surface area contributed by atoms with Crippen LogP contribution in [0.1, 0.15) is 11.1 Å². The molecule has 0 aliphatic rings. The van der Waals surface area contributed by atoms with Gasteiger partial charge in [-0.1, -0.05) is 6.07 Å². The minimum atomic E-state index is -4.75. The Balaban J connectivity index is 0. The molecule has 0 saturated carbocycles. The van der Waals surface area contributed by atoms with E-state index in [1.54, 1.807) is 0 Å². The minimum absolute atomic E-state index is 0. The van der Waals surface area contributed by atoms with Crippen molar-refractivity contribution in [2.45, 2.75) is 12.4 Å². The van der Waals surface area contributed by atoms with E-state index in [4.69, 9.17) is 4.55 Å². The van der Waals surface area contributed by atoms with Gasteiger partial charge in [0.25, 0.3) is 10.1 Å². The van der Waals surface area contributed by atoms with Crippen molar-refractivity contribution in [3.63, 3.8) is 0 Å². The fourth-order valence-electron chi connectivity index (χ4n) is 0.872. The van der Waals surface area contributed by atoms with E-state index in [9.17, 15) is 34.8 Å². The van der Waals surface area contributed by atoms with Crippen LogP contribution in [0, 0.1) is 0 Å². The number of alkyl halides is 6. The second kappa shape index (κ2) is 7.64. The molecule has 0 atom stereocenters. The molecule has 0 radical (unpaired) electrons. The Labute approximate surface area is 133 Å². The fourth-order valence-corrected chi connectivity index (χ4v) is 0.872. The van der Waals surface area contributed by atoms with Crippen molar-refractivity contribution < 1.29 is 39.3 Å². The zero-order chi connectivity index (χ0) is 15.5. The average molecular weight is 334 g/mol. The predicted molar refractivity (Wildman–Crippen MR) is 61.1 cm³/mol. The molecule has 1 N–H and O–H groups in total. The van der Waals surface area contributed by atoms with E-state index < -0.39 is 33.6 Å². The van der Waals surface area contributed by atoms with Crippen LogP contribution in [-0.4, -0.2) is 48.8 Å². The van der Waals surface area contributed by atoms with E-state index in [0.717, 1.165) is 6.07 Å². The average Bonchev–Trinajstić information content (AvgIpc) is 2.12. The molecule has 11 heteroatoms. The second-order valence-corrected chi connectivity index (χ2v) is 4.78. The summed E-state index contributed by atoms with van der Waals surface area (Å²) in [4.78, 5) is 0. The summed E-state index contributed by atoms with van der Waals surface area (Å²) in [6, 6.07) is 2.00. The Morgan fingerprint density at radius 3 is 1.40 bits per heavy atom. The molecule has 0 amide bonds. The number of benzene rings is 1. The van der Waals surface area contributed by atoms with Crippen molar-refractivity contribution in [1.29, 1.82) is 0 Å². The SMILES string of the molecule is CS(=O)(=O)O.FC(F)(F)c1cccc(C(F)(F)F)c1.[NaH]. The Bertz CT molecular complexity index is 486. The summed E-state index contributed by atoms with van der Waals surface area (Å²) in [5.41, 5.74) is -2.60. The van der Waals surface area contributed by atoms with Crippen LogP contribution in [0.3, 0.4) is 0 Å². The summed E-state index contributed by atoms with van der Waals surface area (Å²) in [5.74, 6) is 0. The summed E-state index contributed by atoms with van der Waals surface area (Å²) in [6.45, 7) is 0. The van der Waals surface area contributed by atoms with Gasteiger partial charge in [0.2, 0.25) is 0 Å². The Morgan fingerprint density at radius 1 is 0.950 bits per heavy atom. The standard InChI is InChI=1S/C8H4F6.CH4O3S.Na.H/c9-7(10,11)5-2-1-3-6(4-5)8(12,13)14;1-5(2,3)4;;/h1-4H;1H3,(H,2,3,4);;. The topological polar surface area (TPSA) is 54.4 Å². The molecule has 20 heavy (non-hydrogen) atoms. The molecule has 1 aromatic carbocycles. The molecule has 0 bridgehead atoms. The first kappa shape index (κ1) is 22.0. The van der Waals surface area contributed by atoms with Gasteiger partial charge in [-0.15, -0.1) is 0 Å². The molecule has 0 saturated heterocycles. The van der Waals surface area contributed by atoms with Crippen LogP contribution in [0.15, 0.2) is 24.3 Å². The predicted octanol–water partition coefficient (Wildman–Crippen LogP) is 2.58. The van der Waals surface area contributed by atoms with Crippen molar-refractivity contribution in [3.05, 3.63) is 35.4 Å². The van der Waals surface area contributed by atoms with Gasteiger partial charge in [-0.3, -0.25) is 4.55 Å². The molecule has 1 rings (SSSR count).